The van der Waals surface area contributed by atoms with E-state index < -0.39 is 23.9 Å². The Labute approximate surface area is 209 Å². The number of aromatic amines is 1. The average molecular weight is 493 g/mol. The van der Waals surface area contributed by atoms with Crippen LogP contribution in [0, 0.1) is 0 Å². The summed E-state index contributed by atoms with van der Waals surface area (Å²) in [5.74, 6) is 0.879. The first kappa shape index (κ1) is 24.5. The van der Waals surface area contributed by atoms with E-state index in [0.29, 0.717) is 46.7 Å². The van der Waals surface area contributed by atoms with Crippen molar-refractivity contribution in [2.24, 2.45) is 0 Å². The lowest BCUT2D eigenvalue weighted by Crippen LogP contribution is -2.38. The summed E-state index contributed by atoms with van der Waals surface area (Å²) < 4.78 is 33.5. The number of aliphatic hydroxyl groups is 1. The SMILES string of the molecule is BC(B)(B)Oc1nc(N[C@H]2CC[C@](C)(O)CC2)nc2[nH]cc(-c3ccc4nnn(CC(F)F)c4c3)c12. The molecule has 36 heavy (non-hydrogen) atoms. The molecule has 0 bridgehead atoms. The van der Waals surface area contributed by atoms with Gasteiger partial charge in [0.25, 0.3) is 6.43 Å². The number of aromatic nitrogens is 6. The molecule has 0 unspecified atom stereocenters. The number of H-pyrrole nitrogens is 1. The van der Waals surface area contributed by atoms with E-state index in [1.165, 1.54) is 4.68 Å². The van der Waals surface area contributed by atoms with E-state index in [9.17, 15) is 13.9 Å². The molecule has 0 atom stereocenters. The maximum atomic E-state index is 13.0. The molecule has 14 heteroatoms. The molecule has 0 aliphatic heterocycles. The summed E-state index contributed by atoms with van der Waals surface area (Å²) in [6.45, 7) is 1.34. The van der Waals surface area contributed by atoms with E-state index in [-0.39, 0.29) is 6.04 Å². The van der Waals surface area contributed by atoms with Gasteiger partial charge in [0, 0.05) is 23.1 Å². The molecule has 4 aromatic rings. The van der Waals surface area contributed by atoms with Crippen LogP contribution in [0.3, 0.4) is 0 Å². The highest BCUT2D eigenvalue weighted by atomic mass is 19.3. The molecule has 1 saturated carbocycles. The Morgan fingerprint density at radius 2 is 2.03 bits per heavy atom. The van der Waals surface area contributed by atoms with Crippen LogP contribution in [0.15, 0.2) is 24.4 Å². The molecule has 3 aromatic heterocycles. The normalized spacial score (nSPS) is 20.9. The molecule has 9 nitrogen and oxygen atoms in total. The zero-order chi connectivity index (χ0) is 25.7. The van der Waals surface area contributed by atoms with Gasteiger partial charge < -0.3 is 20.1 Å². The fourth-order valence-corrected chi connectivity index (χ4v) is 4.62. The average Bonchev–Trinajstić information content (AvgIpc) is 3.38. The van der Waals surface area contributed by atoms with Gasteiger partial charge in [0.2, 0.25) is 11.8 Å². The molecule has 1 aromatic carbocycles. The number of hydrogen-bond donors (Lipinski definition) is 3. The van der Waals surface area contributed by atoms with Crippen molar-refractivity contribution in [1.82, 2.24) is 29.9 Å². The summed E-state index contributed by atoms with van der Waals surface area (Å²) >= 11 is 0. The zero-order valence-electron chi connectivity index (χ0n) is 20.8. The molecular weight excluding hydrogens is 465 g/mol. The number of ether oxygens (including phenoxy) is 1. The van der Waals surface area contributed by atoms with E-state index >= 15 is 0 Å². The van der Waals surface area contributed by atoms with Gasteiger partial charge in [0.1, 0.15) is 41.2 Å². The Morgan fingerprint density at radius 1 is 1.28 bits per heavy atom. The van der Waals surface area contributed by atoms with Crippen LogP contribution in [0.1, 0.15) is 32.6 Å². The third-order valence-electron chi connectivity index (χ3n) is 6.43. The van der Waals surface area contributed by atoms with Gasteiger partial charge in [-0.15, -0.1) is 5.10 Å². The Balaban J connectivity index is 1.54. The van der Waals surface area contributed by atoms with Crippen LogP contribution in [0.5, 0.6) is 5.88 Å². The molecule has 1 aliphatic carbocycles. The van der Waals surface area contributed by atoms with Gasteiger partial charge in [-0.1, -0.05) is 11.3 Å². The van der Waals surface area contributed by atoms with Gasteiger partial charge in [-0.3, -0.25) is 0 Å². The first-order valence-corrected chi connectivity index (χ1v) is 12.2. The van der Waals surface area contributed by atoms with Gasteiger partial charge in [-0.05, 0) is 50.3 Å². The standard InChI is InChI=1S/C22H28B3F2N7O2/c1-21(35)6-4-12(5-7-21)29-20-30-18-17(19(31-20)36-22(23,24)25)13(9-28-18)11-2-3-14-15(8-11)34(33-32-14)10-16(26)27/h2-3,8-9,12,16,35H,4-7,10,23-25H2,1H3,(H2,28,29,30,31)/t12-,21-. The summed E-state index contributed by atoms with van der Waals surface area (Å²) in [4.78, 5) is 12.7. The summed E-state index contributed by atoms with van der Waals surface area (Å²) in [6.07, 6.45) is 2.35. The van der Waals surface area contributed by atoms with Crippen molar-refractivity contribution in [3.8, 4) is 17.0 Å². The van der Waals surface area contributed by atoms with Crippen molar-refractivity contribution in [2.75, 3.05) is 5.32 Å². The van der Waals surface area contributed by atoms with Crippen molar-refractivity contribution in [3.05, 3.63) is 24.4 Å². The van der Waals surface area contributed by atoms with E-state index in [2.05, 4.69) is 20.6 Å². The molecule has 5 rings (SSSR count). The Hall–Kier alpha value is -3.15. The van der Waals surface area contributed by atoms with Gasteiger partial charge >= 0.3 is 0 Å². The smallest absolute Gasteiger partial charge is 0.258 e. The predicted molar refractivity (Wildman–Crippen MR) is 142 cm³/mol. The number of benzene rings is 1. The summed E-state index contributed by atoms with van der Waals surface area (Å²) in [6, 6.07) is 5.58. The van der Waals surface area contributed by atoms with Crippen molar-refractivity contribution in [3.63, 3.8) is 0 Å². The molecule has 0 amide bonds. The second-order valence-electron chi connectivity index (χ2n) is 10.8. The minimum absolute atomic E-state index is 0.157. The minimum atomic E-state index is -2.53. The lowest BCUT2D eigenvalue weighted by molar-refractivity contribution is 0.0195. The summed E-state index contributed by atoms with van der Waals surface area (Å²) in [5.41, 5.74) is 2.61. The number of hydrogen-bond acceptors (Lipinski definition) is 7. The number of nitrogens with one attached hydrogen (secondary N) is 2. The number of halogens is 2. The number of anilines is 1. The van der Waals surface area contributed by atoms with Crippen LogP contribution in [0.4, 0.5) is 14.7 Å². The molecule has 0 spiro atoms. The van der Waals surface area contributed by atoms with Crippen LogP contribution in [0.25, 0.3) is 33.2 Å². The number of fused-ring (bicyclic) bond motifs is 2. The van der Waals surface area contributed by atoms with Crippen LogP contribution >= 0.6 is 0 Å². The Bertz CT molecular complexity index is 1390. The summed E-state index contributed by atoms with van der Waals surface area (Å²) in [5, 5.41) is 21.7. The van der Waals surface area contributed by atoms with E-state index in [4.69, 9.17) is 14.7 Å². The number of rotatable bonds is 7. The Morgan fingerprint density at radius 3 is 2.72 bits per heavy atom. The van der Waals surface area contributed by atoms with Gasteiger partial charge in [-0.25, -0.2) is 13.5 Å². The van der Waals surface area contributed by atoms with Crippen LogP contribution in [-0.2, 0) is 6.54 Å². The molecule has 1 fully saturated rings. The van der Waals surface area contributed by atoms with Gasteiger partial charge in [0.05, 0.1) is 16.5 Å². The van der Waals surface area contributed by atoms with E-state index in [0.717, 1.165) is 24.0 Å². The van der Waals surface area contributed by atoms with E-state index in [1.807, 2.05) is 42.7 Å². The first-order valence-electron chi connectivity index (χ1n) is 12.2. The van der Waals surface area contributed by atoms with E-state index in [1.54, 1.807) is 12.1 Å². The molecule has 1 aliphatic rings. The molecule has 0 saturated heterocycles. The molecular formula is C22H28B3F2N7O2. The summed E-state index contributed by atoms with van der Waals surface area (Å²) in [7, 11) is 5.85. The molecule has 3 heterocycles. The highest BCUT2D eigenvalue weighted by Gasteiger charge is 2.29. The van der Waals surface area contributed by atoms with Crippen molar-refractivity contribution < 1.29 is 18.6 Å². The van der Waals surface area contributed by atoms with Crippen LogP contribution in [0.2, 0.25) is 0 Å². The lowest BCUT2D eigenvalue weighted by atomic mass is 9.52. The highest BCUT2D eigenvalue weighted by Crippen LogP contribution is 2.37. The maximum Gasteiger partial charge on any atom is 0.258 e. The van der Waals surface area contributed by atoms with Crippen LogP contribution in [-0.4, -0.2) is 82.0 Å². The number of nitrogens with zero attached hydrogens (tertiary/aromatic N) is 5. The Kier molecular flexibility index (Phi) is 6.18. The quantitative estimate of drug-likeness (QED) is 0.324. The second kappa shape index (κ2) is 9.06. The fraction of sp³-hybridized carbons (Fsp3) is 0.455. The maximum absolute atomic E-state index is 13.0. The third-order valence-corrected chi connectivity index (χ3v) is 6.43. The van der Waals surface area contributed by atoms with Crippen molar-refractivity contribution in [1.29, 1.82) is 0 Å². The minimum Gasteiger partial charge on any atom is -0.498 e. The largest absolute Gasteiger partial charge is 0.498 e. The predicted octanol–water partition coefficient (Wildman–Crippen LogP) is 0.630. The third kappa shape index (κ3) is 5.18. The van der Waals surface area contributed by atoms with Gasteiger partial charge in [-0.2, -0.15) is 9.97 Å². The number of alkyl halides is 2. The molecule has 3 N–H and O–H groups in total. The highest BCUT2D eigenvalue weighted by molar-refractivity contribution is 6.58. The topological polar surface area (TPSA) is 114 Å². The zero-order valence-corrected chi connectivity index (χ0v) is 20.8. The monoisotopic (exact) mass is 493 g/mol. The van der Waals surface area contributed by atoms with Crippen molar-refractivity contribution in [2.45, 2.75) is 62.5 Å². The second-order valence-corrected chi connectivity index (χ2v) is 10.8. The first-order chi connectivity index (χ1) is 17.0. The van der Waals surface area contributed by atoms with Crippen LogP contribution < -0.4 is 10.1 Å². The van der Waals surface area contributed by atoms with Crippen molar-refractivity contribution >= 4 is 51.6 Å². The fourth-order valence-electron chi connectivity index (χ4n) is 4.62. The molecule has 0 radical (unpaired) electrons. The van der Waals surface area contributed by atoms with Gasteiger partial charge in [0.15, 0.2) is 0 Å². The molecule has 186 valence electrons. The lowest BCUT2D eigenvalue weighted by Gasteiger charge is -2.33.